The number of pyridine rings is 1. The summed E-state index contributed by atoms with van der Waals surface area (Å²) in [5.41, 5.74) is 10.5. The Labute approximate surface area is 106 Å². The quantitative estimate of drug-likeness (QED) is 0.839. The summed E-state index contributed by atoms with van der Waals surface area (Å²) in [6.07, 6.45) is 1.86. The van der Waals surface area contributed by atoms with Crippen LogP contribution in [0.4, 0.5) is 5.69 Å². The van der Waals surface area contributed by atoms with E-state index < -0.39 is 0 Å². The van der Waals surface area contributed by atoms with Gasteiger partial charge in [-0.25, -0.2) is 4.98 Å². The first-order chi connectivity index (χ1) is 8.16. The first-order valence-electron chi connectivity index (χ1n) is 5.56. The smallest absolute Gasteiger partial charge is 0.119 e. The molecule has 0 bridgehead atoms. The van der Waals surface area contributed by atoms with Crippen LogP contribution in [-0.4, -0.2) is 4.98 Å². The van der Waals surface area contributed by atoms with Crippen LogP contribution in [0.5, 0.6) is 0 Å². The molecule has 2 aromatic rings. The van der Waals surface area contributed by atoms with Gasteiger partial charge in [-0.3, -0.25) is 0 Å². The van der Waals surface area contributed by atoms with Crippen LogP contribution < -0.4 is 5.73 Å². The molecule has 0 saturated carbocycles. The van der Waals surface area contributed by atoms with Gasteiger partial charge < -0.3 is 5.73 Å². The van der Waals surface area contributed by atoms with E-state index in [2.05, 4.69) is 36.2 Å². The van der Waals surface area contributed by atoms with Gasteiger partial charge in [0.15, 0.2) is 0 Å². The number of anilines is 1. The Morgan fingerprint density at radius 2 is 2.00 bits per heavy atom. The van der Waals surface area contributed by atoms with Crippen molar-refractivity contribution >= 4 is 17.4 Å². The minimum atomic E-state index is 0.767. The number of hydrogen-bond donors (Lipinski definition) is 1. The maximum atomic E-state index is 5.94. The van der Waals surface area contributed by atoms with Gasteiger partial charge in [0.05, 0.1) is 5.69 Å². The Bertz CT molecular complexity index is 523. The molecule has 2 rings (SSSR count). The number of hydrogen-bond acceptors (Lipinski definition) is 3. The normalized spacial score (nSPS) is 10.5. The molecule has 0 fully saturated rings. The molecule has 0 spiro atoms. The van der Waals surface area contributed by atoms with E-state index in [9.17, 15) is 0 Å². The molecule has 0 aliphatic rings. The van der Waals surface area contributed by atoms with E-state index in [1.807, 2.05) is 19.2 Å². The lowest BCUT2D eigenvalue weighted by atomic mass is 10.1. The van der Waals surface area contributed by atoms with E-state index in [-0.39, 0.29) is 0 Å². The van der Waals surface area contributed by atoms with Crippen LogP contribution in [0.1, 0.15) is 16.7 Å². The lowest BCUT2D eigenvalue weighted by molar-refractivity contribution is 1.11. The molecule has 0 aliphatic heterocycles. The number of thioether (sulfide) groups is 1. The van der Waals surface area contributed by atoms with Gasteiger partial charge in [-0.1, -0.05) is 36.0 Å². The van der Waals surface area contributed by atoms with E-state index in [0.29, 0.717) is 0 Å². The zero-order valence-electron chi connectivity index (χ0n) is 10.1. The molecule has 0 atom stereocenters. The van der Waals surface area contributed by atoms with Gasteiger partial charge in [-0.2, -0.15) is 0 Å². The Morgan fingerprint density at radius 3 is 2.71 bits per heavy atom. The Hall–Kier alpha value is -1.48. The molecule has 2 N–H and O–H groups in total. The average molecular weight is 244 g/mol. The third-order valence-corrected chi connectivity index (χ3v) is 3.71. The fraction of sp³-hybridized carbons (Fsp3) is 0.214. The van der Waals surface area contributed by atoms with Crippen LogP contribution in [0.25, 0.3) is 0 Å². The number of benzene rings is 1. The van der Waals surface area contributed by atoms with Gasteiger partial charge >= 0.3 is 0 Å². The fourth-order valence-corrected chi connectivity index (χ4v) is 2.59. The van der Waals surface area contributed by atoms with Crippen molar-refractivity contribution in [3.05, 3.63) is 53.2 Å². The molecule has 0 radical (unpaired) electrons. The third kappa shape index (κ3) is 3.01. The fourth-order valence-electron chi connectivity index (χ4n) is 1.62. The summed E-state index contributed by atoms with van der Waals surface area (Å²) in [5, 5.41) is 0.916. The number of nitrogens with zero attached hydrogens (tertiary/aromatic N) is 1. The van der Waals surface area contributed by atoms with E-state index in [0.717, 1.165) is 22.0 Å². The van der Waals surface area contributed by atoms with Crippen molar-refractivity contribution in [3.63, 3.8) is 0 Å². The molecule has 0 saturated heterocycles. The molecule has 1 aromatic heterocycles. The van der Waals surface area contributed by atoms with Gasteiger partial charge in [-0.05, 0) is 36.6 Å². The highest BCUT2D eigenvalue weighted by molar-refractivity contribution is 7.98. The van der Waals surface area contributed by atoms with Crippen molar-refractivity contribution in [2.45, 2.75) is 24.6 Å². The zero-order valence-corrected chi connectivity index (χ0v) is 10.9. The molecular formula is C14H16N2S. The molecule has 17 heavy (non-hydrogen) atoms. The lowest BCUT2D eigenvalue weighted by Crippen LogP contribution is -1.94. The summed E-state index contributed by atoms with van der Waals surface area (Å²) >= 11 is 1.69. The summed E-state index contributed by atoms with van der Waals surface area (Å²) in [6, 6.07) is 10.4. The van der Waals surface area contributed by atoms with Crippen LogP contribution in [0.15, 0.2) is 41.6 Å². The molecule has 0 unspecified atom stereocenters. The van der Waals surface area contributed by atoms with Crippen molar-refractivity contribution in [1.29, 1.82) is 0 Å². The second-order valence-electron chi connectivity index (χ2n) is 4.12. The van der Waals surface area contributed by atoms with Gasteiger partial charge in [-0.15, -0.1) is 0 Å². The highest BCUT2D eigenvalue weighted by Crippen LogP contribution is 2.27. The number of rotatable bonds is 3. The predicted octanol–water partition coefficient (Wildman–Crippen LogP) is 3.57. The van der Waals surface area contributed by atoms with Crippen molar-refractivity contribution in [2.24, 2.45) is 0 Å². The van der Waals surface area contributed by atoms with Crippen LogP contribution in [0.2, 0.25) is 0 Å². The van der Waals surface area contributed by atoms with Crippen LogP contribution >= 0.6 is 11.8 Å². The molecule has 2 nitrogen and oxygen atoms in total. The van der Waals surface area contributed by atoms with Crippen molar-refractivity contribution in [1.82, 2.24) is 4.98 Å². The minimum absolute atomic E-state index is 0.767. The van der Waals surface area contributed by atoms with Gasteiger partial charge in [0, 0.05) is 11.9 Å². The lowest BCUT2D eigenvalue weighted by Gasteiger charge is -2.07. The van der Waals surface area contributed by atoms with Crippen molar-refractivity contribution in [3.8, 4) is 0 Å². The van der Waals surface area contributed by atoms with Crippen LogP contribution in [0, 0.1) is 13.8 Å². The number of nitrogens with two attached hydrogens (primary N) is 1. The Morgan fingerprint density at radius 1 is 1.24 bits per heavy atom. The summed E-state index contributed by atoms with van der Waals surface area (Å²) < 4.78 is 0. The minimum Gasteiger partial charge on any atom is -0.397 e. The maximum Gasteiger partial charge on any atom is 0.119 e. The van der Waals surface area contributed by atoms with E-state index in [4.69, 9.17) is 5.73 Å². The van der Waals surface area contributed by atoms with E-state index in [1.165, 1.54) is 11.1 Å². The monoisotopic (exact) mass is 244 g/mol. The maximum absolute atomic E-state index is 5.94. The van der Waals surface area contributed by atoms with Crippen LogP contribution in [-0.2, 0) is 5.75 Å². The average Bonchev–Trinajstić information content (AvgIpc) is 2.30. The number of aryl methyl sites for hydroxylation is 2. The molecule has 0 amide bonds. The zero-order chi connectivity index (χ0) is 12.3. The third-order valence-electron chi connectivity index (χ3n) is 2.64. The molecule has 3 heteroatoms. The molecule has 1 aromatic carbocycles. The van der Waals surface area contributed by atoms with Crippen molar-refractivity contribution in [2.75, 3.05) is 5.73 Å². The van der Waals surface area contributed by atoms with Crippen LogP contribution in [0.3, 0.4) is 0 Å². The second kappa shape index (κ2) is 5.23. The van der Waals surface area contributed by atoms with Gasteiger partial charge in [0.2, 0.25) is 0 Å². The van der Waals surface area contributed by atoms with Crippen molar-refractivity contribution < 1.29 is 0 Å². The van der Waals surface area contributed by atoms with Gasteiger partial charge in [0.1, 0.15) is 5.03 Å². The SMILES string of the molecule is Cc1cnc(SCc2ccccc2C)c(N)c1. The predicted molar refractivity (Wildman–Crippen MR) is 74.1 cm³/mol. The molecule has 88 valence electrons. The molecule has 0 aliphatic carbocycles. The first-order valence-corrected chi connectivity index (χ1v) is 6.55. The summed E-state index contributed by atoms with van der Waals surface area (Å²) in [7, 11) is 0. The van der Waals surface area contributed by atoms with Gasteiger partial charge in [0.25, 0.3) is 0 Å². The summed E-state index contributed by atoms with van der Waals surface area (Å²) in [5.74, 6) is 0.910. The Balaban J connectivity index is 2.10. The molecular weight excluding hydrogens is 228 g/mol. The largest absolute Gasteiger partial charge is 0.397 e. The highest BCUT2D eigenvalue weighted by atomic mass is 32.2. The van der Waals surface area contributed by atoms with E-state index in [1.54, 1.807) is 11.8 Å². The Kier molecular flexibility index (Phi) is 3.69. The highest BCUT2D eigenvalue weighted by Gasteiger charge is 2.04. The molecule has 1 heterocycles. The first kappa shape index (κ1) is 12.0. The summed E-state index contributed by atoms with van der Waals surface area (Å²) in [4.78, 5) is 4.36. The second-order valence-corrected chi connectivity index (χ2v) is 5.09. The van der Waals surface area contributed by atoms with E-state index >= 15 is 0 Å². The summed E-state index contributed by atoms with van der Waals surface area (Å²) in [6.45, 7) is 4.13. The number of nitrogen functional groups attached to an aromatic ring is 1. The topological polar surface area (TPSA) is 38.9 Å². The number of aromatic nitrogens is 1. The standard InChI is InChI=1S/C14H16N2S/c1-10-7-13(15)14(16-8-10)17-9-12-6-4-3-5-11(12)2/h3-8H,9,15H2,1-2H3.